The fourth-order valence-electron chi connectivity index (χ4n) is 12.3. The fraction of sp³-hybridized carbons (Fsp3) is 0.193. The standard InChI is InChI=1S/C83H76N2O6/c1-5-9-45-88-71-33-17-56(18-34-71)62-25-41-79-75(52-62)76-53-63(57-19-35-72(36-20-57)89-46-10-6-2)26-42-80(76)84(79)69-29-13-60(14-30-69)66-49-67(51-68(50-66)83(86)87)61-15-31-70(32-16-61)85-81-43-27-64(58-21-37-73(38-22-58)90-47-11-7-3)54-77(81)78-55-65(28-44-82(78)85)59-23-39-74(40-24-59)91-48-12-8-4/h13-44,49-55H,5-12,45-48H2,1-4H3,(H,86,87). The van der Waals surface area contributed by atoms with Gasteiger partial charge in [0.05, 0.1) is 54.1 Å². The lowest BCUT2D eigenvalue weighted by Gasteiger charge is -2.13. The van der Waals surface area contributed by atoms with E-state index in [0.717, 1.165) is 196 Å². The van der Waals surface area contributed by atoms with E-state index in [2.05, 4.69) is 261 Å². The summed E-state index contributed by atoms with van der Waals surface area (Å²) >= 11 is 0. The van der Waals surface area contributed by atoms with E-state index in [1.165, 1.54) is 0 Å². The second kappa shape index (κ2) is 27.2. The molecule has 0 atom stereocenters. The molecule has 2 heterocycles. The van der Waals surface area contributed by atoms with Gasteiger partial charge in [-0.1, -0.05) is 150 Å². The molecule has 0 aliphatic carbocycles. The largest absolute Gasteiger partial charge is 0.494 e. The molecular weight excluding hydrogens is 1120 g/mol. The lowest BCUT2D eigenvalue weighted by Crippen LogP contribution is -1.98. The molecule has 8 heteroatoms. The van der Waals surface area contributed by atoms with E-state index in [9.17, 15) is 9.90 Å². The van der Waals surface area contributed by atoms with Gasteiger partial charge < -0.3 is 33.2 Å². The number of hydrogen-bond donors (Lipinski definition) is 1. The van der Waals surface area contributed by atoms with Crippen molar-refractivity contribution >= 4 is 49.6 Å². The van der Waals surface area contributed by atoms with Crippen LogP contribution < -0.4 is 18.9 Å². The Morgan fingerprint density at radius 3 is 0.758 bits per heavy atom. The second-order valence-corrected chi connectivity index (χ2v) is 23.7. The van der Waals surface area contributed by atoms with Crippen LogP contribution in [0.25, 0.3) is 122 Å². The number of carboxylic acids is 1. The van der Waals surface area contributed by atoms with Crippen molar-refractivity contribution in [3.05, 3.63) is 242 Å². The van der Waals surface area contributed by atoms with Crippen LogP contribution in [0, 0.1) is 0 Å². The maximum absolute atomic E-state index is 13.0. The lowest BCUT2D eigenvalue weighted by atomic mass is 9.96. The zero-order valence-corrected chi connectivity index (χ0v) is 52.4. The van der Waals surface area contributed by atoms with Crippen LogP contribution >= 0.6 is 0 Å². The summed E-state index contributed by atoms with van der Waals surface area (Å²) in [6.07, 6.45) is 8.45. The fourth-order valence-corrected chi connectivity index (χ4v) is 12.3. The van der Waals surface area contributed by atoms with Crippen LogP contribution in [0.3, 0.4) is 0 Å². The number of hydrogen-bond acceptors (Lipinski definition) is 5. The molecule has 13 rings (SSSR count). The van der Waals surface area contributed by atoms with Gasteiger partial charge in [0.1, 0.15) is 23.0 Å². The third-order valence-electron chi connectivity index (χ3n) is 17.4. The average molecular weight is 1200 g/mol. The van der Waals surface area contributed by atoms with Crippen LogP contribution in [-0.4, -0.2) is 46.6 Å². The Hall–Kier alpha value is -10.3. The monoisotopic (exact) mass is 1200 g/mol. The molecule has 11 aromatic carbocycles. The van der Waals surface area contributed by atoms with E-state index in [1.807, 2.05) is 0 Å². The van der Waals surface area contributed by atoms with Crippen molar-refractivity contribution in [2.45, 2.75) is 79.1 Å². The van der Waals surface area contributed by atoms with E-state index in [0.29, 0.717) is 26.4 Å². The molecule has 13 aromatic rings. The number of carbonyl (C=O) groups is 1. The molecule has 0 spiro atoms. The van der Waals surface area contributed by atoms with E-state index in [1.54, 1.807) is 12.1 Å². The van der Waals surface area contributed by atoms with Gasteiger partial charge in [0, 0.05) is 32.9 Å². The summed E-state index contributed by atoms with van der Waals surface area (Å²) in [7, 11) is 0. The minimum atomic E-state index is -0.982. The normalized spacial score (nSPS) is 11.5. The Labute approximate surface area is 533 Å². The SMILES string of the molecule is CCCCOc1ccc(-c2ccc3c(c2)c2cc(-c4ccc(OCCCC)cc4)ccc2n3-c2ccc(-c3cc(C(=O)O)cc(-c4ccc(-n5c6ccc(-c7ccc(OCCCC)cc7)cc6c6cc(-c7ccc(OCCCC)cc7)ccc65)cc4)c3)cc2)cc1. The lowest BCUT2D eigenvalue weighted by molar-refractivity contribution is 0.0697. The highest BCUT2D eigenvalue weighted by atomic mass is 16.5. The maximum Gasteiger partial charge on any atom is 0.335 e. The Kier molecular flexibility index (Phi) is 17.8. The molecule has 0 fully saturated rings. The number of ether oxygens (including phenoxy) is 4. The van der Waals surface area contributed by atoms with Gasteiger partial charge in [-0.2, -0.15) is 0 Å². The maximum atomic E-state index is 13.0. The summed E-state index contributed by atoms with van der Waals surface area (Å²) < 4.78 is 28.8. The van der Waals surface area contributed by atoms with Gasteiger partial charge in [0.15, 0.2) is 0 Å². The summed E-state index contributed by atoms with van der Waals surface area (Å²) in [5, 5.41) is 15.2. The summed E-state index contributed by atoms with van der Waals surface area (Å²) in [5.41, 5.74) is 19.0. The first-order chi connectivity index (χ1) is 44.7. The van der Waals surface area contributed by atoms with Crippen LogP contribution in [0.1, 0.15) is 89.4 Å². The van der Waals surface area contributed by atoms with Crippen molar-refractivity contribution in [2.24, 2.45) is 0 Å². The summed E-state index contributed by atoms with van der Waals surface area (Å²) in [6.45, 7) is 11.5. The quantitative estimate of drug-likeness (QED) is 0.0574. The molecule has 0 radical (unpaired) electrons. The Morgan fingerprint density at radius 2 is 0.516 bits per heavy atom. The molecular formula is C83H76N2O6. The predicted molar refractivity (Wildman–Crippen MR) is 376 cm³/mol. The Morgan fingerprint density at radius 1 is 0.286 bits per heavy atom. The third kappa shape index (κ3) is 12.8. The number of nitrogens with zero attached hydrogens (tertiary/aromatic N) is 2. The highest BCUT2D eigenvalue weighted by Crippen LogP contribution is 2.41. The Bertz CT molecular complexity index is 4160. The summed E-state index contributed by atoms with van der Waals surface area (Å²) in [5.74, 6) is 2.53. The first kappa shape index (κ1) is 59.6. The van der Waals surface area contributed by atoms with Gasteiger partial charge in [0.2, 0.25) is 0 Å². The first-order valence-electron chi connectivity index (χ1n) is 32.4. The zero-order valence-electron chi connectivity index (χ0n) is 52.4. The van der Waals surface area contributed by atoms with Crippen molar-refractivity contribution in [1.29, 1.82) is 0 Å². The predicted octanol–water partition coefficient (Wildman–Crippen LogP) is 22.3. The number of aromatic nitrogens is 2. The van der Waals surface area contributed by atoms with Crippen molar-refractivity contribution in [3.8, 4) is 101 Å². The molecule has 0 saturated carbocycles. The molecule has 91 heavy (non-hydrogen) atoms. The average Bonchev–Trinajstić information content (AvgIpc) is 1.67. The van der Waals surface area contributed by atoms with Gasteiger partial charge >= 0.3 is 5.97 Å². The third-order valence-corrected chi connectivity index (χ3v) is 17.4. The highest BCUT2D eigenvalue weighted by molar-refractivity contribution is 6.13. The van der Waals surface area contributed by atoms with E-state index < -0.39 is 5.97 Å². The molecule has 8 nitrogen and oxygen atoms in total. The smallest absolute Gasteiger partial charge is 0.335 e. The van der Waals surface area contributed by atoms with Crippen LogP contribution in [0.2, 0.25) is 0 Å². The molecule has 0 amide bonds. The van der Waals surface area contributed by atoms with Crippen LogP contribution in [0.5, 0.6) is 23.0 Å². The minimum absolute atomic E-state index is 0.221. The van der Waals surface area contributed by atoms with E-state index >= 15 is 0 Å². The number of carboxylic acid groups (broad SMARTS) is 1. The van der Waals surface area contributed by atoms with Gasteiger partial charge in [-0.3, -0.25) is 0 Å². The molecule has 0 unspecified atom stereocenters. The highest BCUT2D eigenvalue weighted by Gasteiger charge is 2.19. The second-order valence-electron chi connectivity index (χ2n) is 23.7. The molecule has 0 aliphatic heterocycles. The van der Waals surface area contributed by atoms with E-state index in [-0.39, 0.29) is 5.56 Å². The van der Waals surface area contributed by atoms with Gasteiger partial charge in [-0.25, -0.2) is 4.79 Å². The number of fused-ring (bicyclic) bond motifs is 6. The Balaban J connectivity index is 0.832. The van der Waals surface area contributed by atoms with Crippen LogP contribution in [0.15, 0.2) is 237 Å². The van der Waals surface area contributed by atoms with Gasteiger partial charge in [-0.15, -0.1) is 0 Å². The number of benzene rings is 11. The van der Waals surface area contributed by atoms with Gasteiger partial charge in [0.25, 0.3) is 0 Å². The van der Waals surface area contributed by atoms with Crippen molar-refractivity contribution < 1.29 is 28.8 Å². The first-order valence-corrected chi connectivity index (χ1v) is 32.4. The molecule has 1 N–H and O–H groups in total. The van der Waals surface area contributed by atoms with Crippen molar-refractivity contribution in [1.82, 2.24) is 9.13 Å². The molecule has 0 aliphatic rings. The molecule has 0 bridgehead atoms. The molecule has 2 aromatic heterocycles. The summed E-state index contributed by atoms with van der Waals surface area (Å²) in [4.78, 5) is 13.0. The molecule has 0 saturated heterocycles. The van der Waals surface area contributed by atoms with Crippen molar-refractivity contribution in [3.63, 3.8) is 0 Å². The number of unbranched alkanes of at least 4 members (excludes halogenated alkanes) is 4. The van der Waals surface area contributed by atoms with Gasteiger partial charge in [-0.05, 0) is 232 Å². The minimum Gasteiger partial charge on any atom is -0.494 e. The van der Waals surface area contributed by atoms with Crippen LogP contribution in [-0.2, 0) is 0 Å². The van der Waals surface area contributed by atoms with Crippen LogP contribution in [0.4, 0.5) is 0 Å². The van der Waals surface area contributed by atoms with Crippen molar-refractivity contribution in [2.75, 3.05) is 26.4 Å². The topological polar surface area (TPSA) is 84.1 Å². The van der Waals surface area contributed by atoms with E-state index in [4.69, 9.17) is 18.9 Å². The zero-order chi connectivity index (χ0) is 62.2. The molecule has 454 valence electrons. The number of aromatic carboxylic acids is 1. The number of rotatable bonds is 25. The summed E-state index contributed by atoms with van der Waals surface area (Å²) in [6, 6.07) is 83.3.